The largest absolute Gasteiger partial charge is 0.481 e. The number of carbonyl (C=O) groups is 3. The fourth-order valence-corrected chi connectivity index (χ4v) is 5.60. The first-order valence-electron chi connectivity index (χ1n) is 9.64. The molecular formula is C21H20BrNO6S. The van der Waals surface area contributed by atoms with Gasteiger partial charge < -0.3 is 19.9 Å². The zero-order valence-electron chi connectivity index (χ0n) is 16.1. The molecule has 2 aromatic rings. The standard InChI is InChI=1S/C21H20BrNO6S/c1-2-28-21(27)15-12(10-4-3-5-11(22)8-10)9-30-19(15)23-18(24)16-13-6-7-14(29-13)17(16)20(25)26/h3-5,8-9,13-14,16-17H,2,6-7H2,1H3,(H,23,24)(H,25,26)/t13-,14-,16+,17-/m1/s1. The van der Waals surface area contributed by atoms with Gasteiger partial charge in [-0.2, -0.15) is 0 Å². The molecule has 0 aliphatic carbocycles. The van der Waals surface area contributed by atoms with Gasteiger partial charge in [-0.3, -0.25) is 9.59 Å². The number of anilines is 1. The van der Waals surface area contributed by atoms with E-state index >= 15 is 0 Å². The van der Waals surface area contributed by atoms with Crippen molar-refractivity contribution in [2.45, 2.75) is 32.0 Å². The van der Waals surface area contributed by atoms with Crippen LogP contribution in [0.4, 0.5) is 5.00 Å². The monoisotopic (exact) mass is 493 g/mol. The zero-order valence-corrected chi connectivity index (χ0v) is 18.5. The maximum Gasteiger partial charge on any atom is 0.341 e. The summed E-state index contributed by atoms with van der Waals surface area (Å²) in [6.45, 7) is 1.91. The molecule has 0 saturated carbocycles. The minimum absolute atomic E-state index is 0.196. The summed E-state index contributed by atoms with van der Waals surface area (Å²) in [5.41, 5.74) is 1.72. The van der Waals surface area contributed by atoms with Crippen molar-refractivity contribution in [3.05, 3.63) is 39.7 Å². The Morgan fingerprint density at radius 1 is 1.27 bits per heavy atom. The summed E-state index contributed by atoms with van der Waals surface area (Å²) in [5.74, 6) is -3.67. The fraction of sp³-hybridized carbons (Fsp3) is 0.381. The number of hydrogen-bond acceptors (Lipinski definition) is 6. The summed E-state index contributed by atoms with van der Waals surface area (Å²) in [6, 6.07) is 7.48. The van der Waals surface area contributed by atoms with Gasteiger partial charge in [0.1, 0.15) is 10.6 Å². The van der Waals surface area contributed by atoms with Gasteiger partial charge in [-0.25, -0.2) is 4.79 Å². The number of esters is 1. The highest BCUT2D eigenvalue weighted by Gasteiger charge is 2.55. The van der Waals surface area contributed by atoms with Crippen molar-refractivity contribution in [1.29, 1.82) is 0 Å². The van der Waals surface area contributed by atoms with Crippen LogP contribution in [0.1, 0.15) is 30.1 Å². The van der Waals surface area contributed by atoms with Crippen LogP contribution in [0.3, 0.4) is 0 Å². The third kappa shape index (κ3) is 3.77. The number of fused-ring (bicyclic) bond motifs is 2. The van der Waals surface area contributed by atoms with Crippen molar-refractivity contribution in [1.82, 2.24) is 0 Å². The number of halogens is 1. The molecule has 2 saturated heterocycles. The number of thiophene rings is 1. The average molecular weight is 494 g/mol. The van der Waals surface area contributed by atoms with E-state index in [1.165, 1.54) is 11.3 Å². The summed E-state index contributed by atoms with van der Waals surface area (Å²) in [6.07, 6.45) is 0.455. The molecule has 0 unspecified atom stereocenters. The number of nitrogens with one attached hydrogen (secondary N) is 1. The van der Waals surface area contributed by atoms with Gasteiger partial charge in [0.05, 0.1) is 30.7 Å². The van der Waals surface area contributed by atoms with E-state index in [2.05, 4.69) is 21.2 Å². The van der Waals surface area contributed by atoms with E-state index < -0.39 is 41.9 Å². The van der Waals surface area contributed by atoms with Gasteiger partial charge in [0, 0.05) is 15.4 Å². The SMILES string of the molecule is CCOC(=O)c1c(-c2cccc(Br)c2)csc1NC(=O)[C@@H]1[C@H](C(=O)O)[C@H]2CC[C@H]1O2. The van der Waals surface area contributed by atoms with Crippen LogP contribution >= 0.6 is 27.3 Å². The molecule has 1 aromatic carbocycles. The quantitative estimate of drug-likeness (QED) is 0.585. The van der Waals surface area contributed by atoms with Gasteiger partial charge in [0.2, 0.25) is 5.91 Å². The number of carboxylic acid groups (broad SMARTS) is 1. The second-order valence-corrected chi connectivity index (χ2v) is 9.05. The van der Waals surface area contributed by atoms with Crippen LogP contribution in [0, 0.1) is 11.8 Å². The van der Waals surface area contributed by atoms with Gasteiger partial charge in [-0.1, -0.05) is 28.1 Å². The van der Waals surface area contributed by atoms with Gasteiger partial charge in [-0.15, -0.1) is 11.3 Å². The third-order valence-corrected chi connectivity index (χ3v) is 6.89. The number of aliphatic carboxylic acids is 1. The second-order valence-electron chi connectivity index (χ2n) is 7.25. The van der Waals surface area contributed by atoms with E-state index in [0.29, 0.717) is 23.4 Å². The van der Waals surface area contributed by atoms with Gasteiger partial charge in [0.25, 0.3) is 0 Å². The lowest BCUT2D eigenvalue weighted by Gasteiger charge is -2.23. The first-order valence-corrected chi connectivity index (χ1v) is 11.3. The molecule has 0 spiro atoms. The number of rotatable bonds is 6. The molecule has 4 rings (SSSR count). The highest BCUT2D eigenvalue weighted by Crippen LogP contribution is 2.45. The predicted molar refractivity (Wildman–Crippen MR) is 115 cm³/mol. The third-order valence-electron chi connectivity index (χ3n) is 5.50. The minimum atomic E-state index is -1.03. The maximum atomic E-state index is 13.0. The normalized spacial score (nSPS) is 24.6. The van der Waals surface area contributed by atoms with Gasteiger partial charge in [0.15, 0.2) is 0 Å². The van der Waals surface area contributed by atoms with Crippen molar-refractivity contribution >= 4 is 50.1 Å². The molecule has 3 heterocycles. The van der Waals surface area contributed by atoms with Crippen LogP contribution in [0.15, 0.2) is 34.1 Å². The lowest BCUT2D eigenvalue weighted by atomic mass is 9.79. The van der Waals surface area contributed by atoms with Gasteiger partial charge >= 0.3 is 11.9 Å². The second kappa shape index (κ2) is 8.49. The van der Waals surface area contributed by atoms with Crippen molar-refractivity contribution < 1.29 is 29.0 Å². The molecule has 1 aromatic heterocycles. The van der Waals surface area contributed by atoms with E-state index in [0.717, 1.165) is 10.0 Å². The molecule has 0 radical (unpaired) electrons. The summed E-state index contributed by atoms with van der Waals surface area (Å²) in [7, 11) is 0. The number of amides is 1. The Labute approximate surface area is 185 Å². The summed E-state index contributed by atoms with van der Waals surface area (Å²) >= 11 is 4.64. The van der Waals surface area contributed by atoms with E-state index in [1.807, 2.05) is 24.3 Å². The van der Waals surface area contributed by atoms with Crippen LogP contribution in [-0.2, 0) is 19.1 Å². The molecule has 9 heteroatoms. The highest BCUT2D eigenvalue weighted by molar-refractivity contribution is 9.10. The first kappa shape index (κ1) is 21.0. The van der Waals surface area contributed by atoms with Gasteiger partial charge in [-0.05, 0) is 37.5 Å². The number of benzene rings is 1. The molecule has 30 heavy (non-hydrogen) atoms. The first-order chi connectivity index (χ1) is 14.4. The Morgan fingerprint density at radius 2 is 2.00 bits per heavy atom. The fourth-order valence-electron chi connectivity index (χ4n) is 4.24. The average Bonchev–Trinajstić information content (AvgIpc) is 3.42. The van der Waals surface area contributed by atoms with Crippen molar-refractivity contribution in [3.8, 4) is 11.1 Å². The Balaban J connectivity index is 1.66. The zero-order chi connectivity index (χ0) is 21.4. The highest BCUT2D eigenvalue weighted by atomic mass is 79.9. The molecule has 2 aliphatic rings. The maximum absolute atomic E-state index is 13.0. The molecule has 2 bridgehead atoms. The summed E-state index contributed by atoms with van der Waals surface area (Å²) in [5, 5.41) is 14.5. The molecular weight excluding hydrogens is 474 g/mol. The number of hydrogen-bond donors (Lipinski definition) is 2. The van der Waals surface area contributed by atoms with Crippen LogP contribution in [0.25, 0.3) is 11.1 Å². The van der Waals surface area contributed by atoms with E-state index in [9.17, 15) is 19.5 Å². The lowest BCUT2D eigenvalue weighted by molar-refractivity contribution is -0.147. The van der Waals surface area contributed by atoms with E-state index in [-0.39, 0.29) is 12.2 Å². The smallest absolute Gasteiger partial charge is 0.341 e. The van der Waals surface area contributed by atoms with Crippen molar-refractivity contribution in [2.24, 2.45) is 11.8 Å². The van der Waals surface area contributed by atoms with Crippen LogP contribution in [0.2, 0.25) is 0 Å². The van der Waals surface area contributed by atoms with Crippen LogP contribution in [-0.4, -0.2) is 41.8 Å². The lowest BCUT2D eigenvalue weighted by Crippen LogP contribution is -2.41. The number of carboxylic acids is 1. The molecule has 2 N–H and O–H groups in total. The molecule has 1 amide bonds. The van der Waals surface area contributed by atoms with Crippen molar-refractivity contribution in [3.63, 3.8) is 0 Å². The summed E-state index contributed by atoms with van der Waals surface area (Å²) < 4.78 is 11.8. The Morgan fingerprint density at radius 3 is 2.67 bits per heavy atom. The Kier molecular flexibility index (Phi) is 5.95. The van der Waals surface area contributed by atoms with E-state index in [4.69, 9.17) is 9.47 Å². The Bertz CT molecular complexity index is 1010. The topological polar surface area (TPSA) is 102 Å². The molecule has 2 aliphatic heterocycles. The Hall–Kier alpha value is -2.23. The number of ether oxygens (including phenoxy) is 2. The predicted octanol–water partition coefficient (Wildman–Crippen LogP) is 4.17. The summed E-state index contributed by atoms with van der Waals surface area (Å²) in [4.78, 5) is 37.5. The molecule has 158 valence electrons. The van der Waals surface area contributed by atoms with Crippen molar-refractivity contribution in [2.75, 3.05) is 11.9 Å². The minimum Gasteiger partial charge on any atom is -0.481 e. The number of carbonyl (C=O) groups excluding carboxylic acids is 2. The van der Waals surface area contributed by atoms with Crippen LogP contribution in [0.5, 0.6) is 0 Å². The molecule has 7 nitrogen and oxygen atoms in total. The molecule has 4 atom stereocenters. The van der Waals surface area contributed by atoms with E-state index in [1.54, 1.807) is 12.3 Å². The molecule has 2 fully saturated rings. The van der Waals surface area contributed by atoms with Crippen LogP contribution < -0.4 is 5.32 Å².